The van der Waals surface area contributed by atoms with E-state index in [0.29, 0.717) is 25.8 Å². The van der Waals surface area contributed by atoms with Crippen LogP contribution in [0.25, 0.3) is 11.1 Å². The SMILES string of the molecule is O=C(N[C@@H](CCCCCNC(=O)Oc1ccc([N+](=O)[O-])cc1)C(=O)O)OCC1c2ccccc2-c2ccccc21. The molecule has 1 aliphatic rings. The number of nitrogens with zero attached hydrogens (tertiary/aromatic N) is 1. The van der Waals surface area contributed by atoms with Crippen LogP contribution in [0.1, 0.15) is 42.7 Å². The van der Waals surface area contributed by atoms with Crippen LogP contribution in [0.3, 0.4) is 0 Å². The number of nitro benzene ring substituents is 1. The van der Waals surface area contributed by atoms with Crippen molar-refractivity contribution in [2.24, 2.45) is 0 Å². The highest BCUT2D eigenvalue weighted by molar-refractivity contribution is 5.81. The highest BCUT2D eigenvalue weighted by Gasteiger charge is 2.29. The molecule has 0 aliphatic heterocycles. The molecule has 0 radical (unpaired) electrons. The largest absolute Gasteiger partial charge is 0.480 e. The summed E-state index contributed by atoms with van der Waals surface area (Å²) in [7, 11) is 0. The number of carbonyl (C=O) groups is 3. The minimum Gasteiger partial charge on any atom is -0.480 e. The number of rotatable bonds is 12. The lowest BCUT2D eigenvalue weighted by molar-refractivity contribution is -0.384. The van der Waals surface area contributed by atoms with E-state index in [1.807, 2.05) is 48.5 Å². The van der Waals surface area contributed by atoms with Gasteiger partial charge in [-0.3, -0.25) is 10.1 Å². The molecule has 40 heavy (non-hydrogen) atoms. The van der Waals surface area contributed by atoms with E-state index in [-0.39, 0.29) is 30.4 Å². The Morgan fingerprint density at radius 3 is 2.10 bits per heavy atom. The number of ether oxygens (including phenoxy) is 2. The van der Waals surface area contributed by atoms with Crippen molar-refractivity contribution >= 4 is 23.8 Å². The zero-order valence-electron chi connectivity index (χ0n) is 21.6. The molecule has 1 atom stereocenters. The summed E-state index contributed by atoms with van der Waals surface area (Å²) in [6.45, 7) is 0.386. The van der Waals surface area contributed by atoms with E-state index in [1.54, 1.807) is 0 Å². The number of benzene rings is 3. The first-order valence-electron chi connectivity index (χ1n) is 12.9. The second-order valence-corrected chi connectivity index (χ2v) is 9.28. The van der Waals surface area contributed by atoms with Crippen LogP contribution >= 0.6 is 0 Å². The highest BCUT2D eigenvalue weighted by Crippen LogP contribution is 2.44. The quantitative estimate of drug-likeness (QED) is 0.158. The fourth-order valence-corrected chi connectivity index (χ4v) is 4.66. The predicted octanol–water partition coefficient (Wildman–Crippen LogP) is 5.24. The molecule has 11 heteroatoms. The predicted molar refractivity (Wildman–Crippen MR) is 145 cm³/mol. The molecule has 1 aliphatic carbocycles. The molecule has 0 saturated carbocycles. The summed E-state index contributed by atoms with van der Waals surface area (Å²) in [4.78, 5) is 46.1. The van der Waals surface area contributed by atoms with E-state index in [1.165, 1.54) is 24.3 Å². The minimum absolute atomic E-state index is 0.0911. The lowest BCUT2D eigenvalue weighted by Crippen LogP contribution is -2.41. The van der Waals surface area contributed by atoms with Crippen LogP contribution in [0.2, 0.25) is 0 Å². The first-order valence-corrected chi connectivity index (χ1v) is 12.9. The number of alkyl carbamates (subject to hydrolysis) is 1. The van der Waals surface area contributed by atoms with E-state index in [2.05, 4.69) is 10.6 Å². The lowest BCUT2D eigenvalue weighted by atomic mass is 9.98. The van der Waals surface area contributed by atoms with E-state index in [9.17, 15) is 29.6 Å². The van der Waals surface area contributed by atoms with Gasteiger partial charge in [0.25, 0.3) is 5.69 Å². The summed E-state index contributed by atoms with van der Waals surface area (Å²) >= 11 is 0. The van der Waals surface area contributed by atoms with Crippen molar-refractivity contribution in [3.8, 4) is 16.9 Å². The normalized spacial score (nSPS) is 12.5. The van der Waals surface area contributed by atoms with E-state index in [4.69, 9.17) is 9.47 Å². The number of amides is 2. The molecule has 11 nitrogen and oxygen atoms in total. The molecule has 0 saturated heterocycles. The lowest BCUT2D eigenvalue weighted by Gasteiger charge is -2.17. The van der Waals surface area contributed by atoms with Crippen molar-refractivity contribution < 1.29 is 33.9 Å². The number of hydrogen-bond donors (Lipinski definition) is 3. The molecule has 208 valence electrons. The molecule has 0 aromatic heterocycles. The maximum absolute atomic E-state index is 12.5. The number of nitro groups is 1. The van der Waals surface area contributed by atoms with Crippen molar-refractivity contribution in [3.05, 3.63) is 94.0 Å². The number of unbranched alkanes of at least 4 members (excludes halogenated alkanes) is 2. The maximum atomic E-state index is 12.5. The average molecular weight is 548 g/mol. The fourth-order valence-electron chi connectivity index (χ4n) is 4.66. The van der Waals surface area contributed by atoms with Crippen LogP contribution in [-0.4, -0.2) is 47.4 Å². The number of hydrogen-bond acceptors (Lipinski definition) is 7. The van der Waals surface area contributed by atoms with Gasteiger partial charge in [0.05, 0.1) is 4.92 Å². The van der Waals surface area contributed by atoms with Gasteiger partial charge in [0.1, 0.15) is 18.4 Å². The Balaban J connectivity index is 1.15. The molecule has 4 rings (SSSR count). The Morgan fingerprint density at radius 2 is 1.50 bits per heavy atom. The highest BCUT2D eigenvalue weighted by atomic mass is 16.6. The summed E-state index contributed by atoms with van der Waals surface area (Å²) in [5.74, 6) is -1.11. The number of nitrogens with one attached hydrogen (secondary N) is 2. The number of carboxylic acid groups (broad SMARTS) is 1. The number of non-ortho nitro benzene ring substituents is 1. The Hall–Kier alpha value is -4.93. The Bertz CT molecular complexity index is 1330. The van der Waals surface area contributed by atoms with Crippen molar-refractivity contribution in [2.75, 3.05) is 13.2 Å². The van der Waals surface area contributed by atoms with Crippen LogP contribution in [0.15, 0.2) is 72.8 Å². The molecular weight excluding hydrogens is 518 g/mol. The van der Waals surface area contributed by atoms with Crippen molar-refractivity contribution in [2.45, 2.75) is 37.6 Å². The Morgan fingerprint density at radius 1 is 0.875 bits per heavy atom. The fraction of sp³-hybridized carbons (Fsp3) is 0.276. The monoisotopic (exact) mass is 547 g/mol. The second kappa shape index (κ2) is 13.2. The van der Waals surface area contributed by atoms with Crippen LogP contribution < -0.4 is 15.4 Å². The number of carboxylic acids is 1. The van der Waals surface area contributed by atoms with Gasteiger partial charge in [0, 0.05) is 24.6 Å². The molecule has 3 aromatic rings. The zero-order valence-corrected chi connectivity index (χ0v) is 21.6. The molecular formula is C29H29N3O8. The maximum Gasteiger partial charge on any atom is 0.412 e. The van der Waals surface area contributed by atoms with Crippen LogP contribution in [0.4, 0.5) is 15.3 Å². The summed E-state index contributed by atoms with van der Waals surface area (Å²) in [6, 6.07) is 19.9. The number of aliphatic carboxylic acids is 1. The molecule has 0 spiro atoms. The minimum atomic E-state index is -1.15. The standard InChI is InChI=1S/C29H29N3O8/c33-27(34)26(12-2-1-7-17-30-28(35)40-20-15-13-19(14-16-20)32(37)38)31-29(36)39-18-25-23-10-5-3-8-21(23)22-9-4-6-11-24(22)25/h3-6,8-11,13-16,25-26H,1-2,7,12,17-18H2,(H,30,35)(H,31,36)(H,33,34)/t26-/m0/s1. The van der Waals surface area contributed by atoms with Gasteiger partial charge >= 0.3 is 18.2 Å². The molecule has 0 unspecified atom stereocenters. The molecule has 3 N–H and O–H groups in total. The van der Waals surface area contributed by atoms with Gasteiger partial charge in [0.15, 0.2) is 0 Å². The number of fused-ring (bicyclic) bond motifs is 3. The van der Waals surface area contributed by atoms with E-state index in [0.717, 1.165) is 22.3 Å². The molecule has 0 bridgehead atoms. The third-order valence-electron chi connectivity index (χ3n) is 6.63. The Labute approximate surface area is 230 Å². The van der Waals surface area contributed by atoms with Gasteiger partial charge in [0.2, 0.25) is 0 Å². The van der Waals surface area contributed by atoms with Gasteiger partial charge in [-0.25, -0.2) is 14.4 Å². The first kappa shape index (κ1) is 28.1. The van der Waals surface area contributed by atoms with E-state index >= 15 is 0 Å². The van der Waals surface area contributed by atoms with Crippen LogP contribution in [-0.2, 0) is 9.53 Å². The summed E-state index contributed by atoms with van der Waals surface area (Å²) in [5.41, 5.74) is 4.22. The van der Waals surface area contributed by atoms with Crippen molar-refractivity contribution in [1.29, 1.82) is 0 Å². The van der Waals surface area contributed by atoms with Crippen LogP contribution in [0, 0.1) is 10.1 Å². The number of carbonyl (C=O) groups excluding carboxylic acids is 2. The van der Waals surface area contributed by atoms with Crippen molar-refractivity contribution in [3.63, 3.8) is 0 Å². The van der Waals surface area contributed by atoms with Crippen molar-refractivity contribution in [1.82, 2.24) is 10.6 Å². The van der Waals surface area contributed by atoms with E-state index < -0.39 is 29.1 Å². The van der Waals surface area contributed by atoms with Gasteiger partial charge in [-0.2, -0.15) is 0 Å². The smallest absolute Gasteiger partial charge is 0.412 e. The summed E-state index contributed by atoms with van der Waals surface area (Å²) in [5, 5.41) is 25.2. The summed E-state index contributed by atoms with van der Waals surface area (Å²) < 4.78 is 10.5. The van der Waals surface area contributed by atoms with Gasteiger partial charge in [-0.1, -0.05) is 61.4 Å². The zero-order chi connectivity index (χ0) is 28.5. The third kappa shape index (κ3) is 7.13. The molecule has 2 amide bonds. The summed E-state index contributed by atoms with van der Waals surface area (Å²) in [6.07, 6.45) is 0.381. The molecule has 3 aromatic carbocycles. The first-order chi connectivity index (χ1) is 19.3. The molecule has 0 heterocycles. The third-order valence-corrected chi connectivity index (χ3v) is 6.63. The van der Waals surface area contributed by atoms with Gasteiger partial charge in [-0.05, 0) is 47.2 Å². The average Bonchev–Trinajstić information content (AvgIpc) is 3.27. The second-order valence-electron chi connectivity index (χ2n) is 9.28. The topological polar surface area (TPSA) is 157 Å². The van der Waals surface area contributed by atoms with Gasteiger partial charge < -0.3 is 25.2 Å². The Kier molecular flexibility index (Phi) is 9.29. The van der Waals surface area contributed by atoms with Crippen LogP contribution in [0.5, 0.6) is 5.75 Å². The van der Waals surface area contributed by atoms with Gasteiger partial charge in [-0.15, -0.1) is 0 Å². The molecule has 0 fully saturated rings.